The summed E-state index contributed by atoms with van der Waals surface area (Å²) in [6.45, 7) is 1.31. The molecule has 0 atom stereocenters. The van der Waals surface area contributed by atoms with Gasteiger partial charge in [0.05, 0.1) is 0 Å². The van der Waals surface area contributed by atoms with Crippen molar-refractivity contribution >= 4 is 10.8 Å². The first-order valence-corrected chi connectivity index (χ1v) is 6.93. The van der Waals surface area contributed by atoms with Gasteiger partial charge >= 0.3 is 29.9 Å². The molecule has 1 heterocycles. The van der Waals surface area contributed by atoms with Gasteiger partial charge in [-0.25, -0.2) is 0 Å². The van der Waals surface area contributed by atoms with E-state index in [-0.39, 0.29) is 10.9 Å². The zero-order chi connectivity index (χ0) is 21.1. The molecule has 2 rings (SSSR count). The van der Waals surface area contributed by atoms with Gasteiger partial charge in [-0.2, -0.15) is 48.3 Å². The van der Waals surface area contributed by atoms with Crippen molar-refractivity contribution in [2.45, 2.75) is 36.8 Å². The first-order valence-electron chi connectivity index (χ1n) is 6.93. The second-order valence-corrected chi connectivity index (χ2v) is 5.63. The van der Waals surface area contributed by atoms with Crippen LogP contribution in [0.15, 0.2) is 30.5 Å². The van der Waals surface area contributed by atoms with Gasteiger partial charge in [-0.05, 0) is 17.9 Å². The molecular formula is C15H8F11N. The standard InChI is InChI=1S/C15H8F11N/c1-7-6-27-10(9-5-3-2-4-8(7)9)11(16,17)12(18,19)13(20,21)14(22,23)15(24,25)26/h2-6H,1H3. The maximum absolute atomic E-state index is 14.2. The summed E-state index contributed by atoms with van der Waals surface area (Å²) >= 11 is 0. The number of aryl methyl sites for hydroxylation is 1. The highest BCUT2D eigenvalue weighted by molar-refractivity contribution is 5.87. The smallest absolute Gasteiger partial charge is 0.254 e. The largest absolute Gasteiger partial charge is 0.460 e. The highest BCUT2D eigenvalue weighted by atomic mass is 19.4. The van der Waals surface area contributed by atoms with Gasteiger partial charge in [0.15, 0.2) is 0 Å². The van der Waals surface area contributed by atoms with Crippen molar-refractivity contribution in [2.24, 2.45) is 0 Å². The van der Waals surface area contributed by atoms with Gasteiger partial charge in [0.2, 0.25) is 0 Å². The van der Waals surface area contributed by atoms with E-state index in [4.69, 9.17) is 0 Å². The highest BCUT2D eigenvalue weighted by Crippen LogP contribution is 2.60. The third-order valence-corrected chi connectivity index (χ3v) is 3.83. The first-order chi connectivity index (χ1) is 12.0. The van der Waals surface area contributed by atoms with Crippen LogP contribution in [0.3, 0.4) is 0 Å². The van der Waals surface area contributed by atoms with Gasteiger partial charge in [0.25, 0.3) is 0 Å². The van der Waals surface area contributed by atoms with Crippen LogP contribution in [0.2, 0.25) is 0 Å². The van der Waals surface area contributed by atoms with E-state index in [1.54, 1.807) is 0 Å². The first kappa shape index (κ1) is 21.2. The SMILES string of the molecule is Cc1cnc(C(F)(F)C(F)(F)C(F)(F)C(F)(F)C(F)(F)F)c2ccccc12. The van der Waals surface area contributed by atoms with E-state index in [1.165, 1.54) is 13.0 Å². The molecule has 0 amide bonds. The summed E-state index contributed by atoms with van der Waals surface area (Å²) in [5.74, 6) is -28.2. The molecule has 0 aliphatic heterocycles. The fourth-order valence-electron chi connectivity index (χ4n) is 2.31. The molecule has 150 valence electrons. The molecule has 0 saturated heterocycles. The topological polar surface area (TPSA) is 12.9 Å². The van der Waals surface area contributed by atoms with Crippen LogP contribution in [0.1, 0.15) is 11.3 Å². The average Bonchev–Trinajstić information content (AvgIpc) is 2.53. The van der Waals surface area contributed by atoms with Gasteiger partial charge in [-0.3, -0.25) is 4.98 Å². The van der Waals surface area contributed by atoms with Crippen LogP contribution in [0.4, 0.5) is 48.3 Å². The molecule has 27 heavy (non-hydrogen) atoms. The van der Waals surface area contributed by atoms with E-state index < -0.39 is 40.9 Å². The van der Waals surface area contributed by atoms with Gasteiger partial charge in [-0.15, -0.1) is 0 Å². The molecular weight excluding hydrogens is 403 g/mol. The molecule has 2 aromatic rings. The van der Waals surface area contributed by atoms with Crippen molar-refractivity contribution in [1.29, 1.82) is 0 Å². The van der Waals surface area contributed by atoms with E-state index in [1.807, 2.05) is 0 Å². The van der Waals surface area contributed by atoms with E-state index in [9.17, 15) is 48.3 Å². The Labute approximate surface area is 143 Å². The normalized spacial score (nSPS) is 14.7. The van der Waals surface area contributed by atoms with Crippen LogP contribution < -0.4 is 0 Å². The minimum atomic E-state index is -7.46. The predicted octanol–water partition coefficient (Wildman–Crippen LogP) is 6.10. The van der Waals surface area contributed by atoms with Gasteiger partial charge in [-0.1, -0.05) is 24.3 Å². The molecule has 0 spiro atoms. The third-order valence-electron chi connectivity index (χ3n) is 3.83. The molecule has 0 N–H and O–H groups in total. The Morgan fingerprint density at radius 3 is 1.63 bits per heavy atom. The maximum Gasteiger partial charge on any atom is 0.460 e. The third kappa shape index (κ3) is 2.80. The number of alkyl halides is 11. The molecule has 1 aromatic carbocycles. The lowest BCUT2D eigenvalue weighted by molar-refractivity contribution is -0.424. The summed E-state index contributed by atoms with van der Waals surface area (Å²) in [5, 5.41) is -0.947. The summed E-state index contributed by atoms with van der Waals surface area (Å²) in [7, 11) is 0. The zero-order valence-electron chi connectivity index (χ0n) is 13.0. The summed E-state index contributed by atoms with van der Waals surface area (Å²) in [6.07, 6.45) is -6.61. The average molecular weight is 411 g/mol. The highest BCUT2D eigenvalue weighted by Gasteiger charge is 2.87. The van der Waals surface area contributed by atoms with E-state index >= 15 is 0 Å². The summed E-state index contributed by atoms with van der Waals surface area (Å²) in [4.78, 5) is 2.91. The Balaban J connectivity index is 2.74. The number of nitrogens with zero attached hydrogens (tertiary/aromatic N) is 1. The molecule has 0 unspecified atom stereocenters. The van der Waals surface area contributed by atoms with Crippen LogP contribution in [-0.2, 0) is 5.92 Å². The molecule has 12 heteroatoms. The fourth-order valence-corrected chi connectivity index (χ4v) is 2.31. The molecule has 0 saturated carbocycles. The van der Waals surface area contributed by atoms with Gasteiger partial charge in [0, 0.05) is 11.6 Å². The predicted molar refractivity (Wildman–Crippen MR) is 71.3 cm³/mol. The van der Waals surface area contributed by atoms with Crippen LogP contribution in [0.5, 0.6) is 0 Å². The summed E-state index contributed by atoms with van der Waals surface area (Å²) < 4.78 is 145. The van der Waals surface area contributed by atoms with Crippen molar-refractivity contribution in [3.05, 3.63) is 41.7 Å². The van der Waals surface area contributed by atoms with Crippen molar-refractivity contribution in [1.82, 2.24) is 4.98 Å². The van der Waals surface area contributed by atoms with E-state index in [0.717, 1.165) is 18.2 Å². The molecule has 0 aliphatic carbocycles. The minimum Gasteiger partial charge on any atom is -0.254 e. The van der Waals surface area contributed by atoms with Crippen molar-refractivity contribution in [3.63, 3.8) is 0 Å². The number of halogens is 11. The Bertz CT molecular complexity index is 854. The summed E-state index contributed by atoms with van der Waals surface area (Å²) in [5.41, 5.74) is -1.90. The second-order valence-electron chi connectivity index (χ2n) is 5.63. The van der Waals surface area contributed by atoms with Crippen LogP contribution >= 0.6 is 0 Å². The van der Waals surface area contributed by atoms with Crippen LogP contribution in [0, 0.1) is 6.92 Å². The molecule has 0 bridgehead atoms. The van der Waals surface area contributed by atoms with Gasteiger partial charge < -0.3 is 0 Å². The Morgan fingerprint density at radius 1 is 0.667 bits per heavy atom. The van der Waals surface area contributed by atoms with Crippen LogP contribution in [-0.4, -0.2) is 28.9 Å². The number of benzene rings is 1. The lowest BCUT2D eigenvalue weighted by Gasteiger charge is -2.37. The Morgan fingerprint density at radius 2 is 1.15 bits per heavy atom. The maximum atomic E-state index is 14.2. The lowest BCUT2D eigenvalue weighted by atomic mass is 9.93. The molecule has 1 nitrogen and oxygen atoms in total. The van der Waals surface area contributed by atoms with Crippen molar-refractivity contribution in [2.75, 3.05) is 0 Å². The number of rotatable bonds is 4. The van der Waals surface area contributed by atoms with Crippen molar-refractivity contribution < 1.29 is 48.3 Å². The van der Waals surface area contributed by atoms with Gasteiger partial charge in [0.1, 0.15) is 5.69 Å². The fraction of sp³-hybridized carbons (Fsp3) is 0.400. The Hall–Kier alpha value is -2.14. The zero-order valence-corrected chi connectivity index (χ0v) is 13.0. The van der Waals surface area contributed by atoms with Crippen molar-refractivity contribution in [3.8, 4) is 0 Å². The quantitative estimate of drug-likeness (QED) is 0.554. The molecule has 0 aliphatic rings. The number of fused-ring (bicyclic) bond motifs is 1. The number of aromatic nitrogens is 1. The number of hydrogen-bond acceptors (Lipinski definition) is 1. The summed E-state index contributed by atoms with van der Waals surface area (Å²) in [6, 6.07) is 4.23. The molecule has 0 radical (unpaired) electrons. The molecule has 1 aromatic heterocycles. The molecule has 0 fully saturated rings. The monoisotopic (exact) mass is 411 g/mol. The number of hydrogen-bond donors (Lipinski definition) is 0. The number of pyridine rings is 1. The minimum absolute atomic E-state index is 0.149. The van der Waals surface area contributed by atoms with E-state index in [0.29, 0.717) is 6.20 Å². The lowest BCUT2D eigenvalue weighted by Crippen LogP contribution is -2.65. The van der Waals surface area contributed by atoms with Crippen LogP contribution in [0.25, 0.3) is 10.8 Å². The second kappa shape index (κ2) is 5.93. The van der Waals surface area contributed by atoms with E-state index in [2.05, 4.69) is 4.98 Å². The Kier molecular flexibility index (Phi) is 4.65.